The monoisotopic (exact) mass is 466 g/mol. The van der Waals surface area contributed by atoms with Crippen molar-refractivity contribution in [3.8, 4) is 0 Å². The molecule has 2 N–H and O–H groups in total. The van der Waals surface area contributed by atoms with Crippen molar-refractivity contribution in [1.29, 1.82) is 0 Å². The zero-order chi connectivity index (χ0) is 21.1. The van der Waals surface area contributed by atoms with E-state index in [2.05, 4.69) is 38.7 Å². The second-order valence-corrected chi connectivity index (χ2v) is 8.70. The maximum Gasteiger partial charge on any atom is 0.291 e. The fourth-order valence-corrected chi connectivity index (χ4v) is 4.23. The van der Waals surface area contributed by atoms with Gasteiger partial charge in [0.15, 0.2) is 5.76 Å². The first kappa shape index (κ1) is 20.4. The van der Waals surface area contributed by atoms with E-state index in [4.69, 9.17) is 4.42 Å². The Morgan fingerprint density at radius 1 is 1.07 bits per heavy atom. The van der Waals surface area contributed by atoms with Gasteiger partial charge in [-0.1, -0.05) is 40.5 Å². The minimum atomic E-state index is -0.344. The summed E-state index contributed by atoms with van der Waals surface area (Å²) in [5.74, 6) is -0.265. The van der Waals surface area contributed by atoms with E-state index >= 15 is 0 Å². The van der Waals surface area contributed by atoms with Crippen LogP contribution in [0.25, 0.3) is 0 Å². The van der Waals surface area contributed by atoms with E-state index in [9.17, 15) is 9.59 Å². The average Bonchev–Trinajstić information content (AvgIpc) is 3.24. The van der Waals surface area contributed by atoms with Crippen LogP contribution in [0, 0.1) is 6.92 Å². The Hall–Kier alpha value is -2.86. The van der Waals surface area contributed by atoms with Crippen molar-refractivity contribution in [3.63, 3.8) is 0 Å². The molecule has 1 fully saturated rings. The smallest absolute Gasteiger partial charge is 0.291 e. The van der Waals surface area contributed by atoms with Crippen LogP contribution in [0.2, 0.25) is 0 Å². The van der Waals surface area contributed by atoms with Gasteiger partial charge in [0.2, 0.25) is 0 Å². The van der Waals surface area contributed by atoms with E-state index in [0.29, 0.717) is 17.8 Å². The standard InChI is InChI=1S/C24H23BrN2O3/c1-16-8-9-17(13-20(16)27-23(29)21-7-3-12-30-21)22(28)26-15-24(10-4-11-24)18-5-2-6-19(25)14-18/h2-3,5-9,12-14H,4,10-11,15H2,1H3,(H,26,28)(H,27,29). The zero-order valence-corrected chi connectivity index (χ0v) is 18.3. The normalized spacial score (nSPS) is 14.6. The first-order chi connectivity index (χ1) is 14.5. The van der Waals surface area contributed by atoms with Crippen LogP contribution in [0.4, 0.5) is 5.69 Å². The second kappa shape index (κ2) is 8.48. The predicted octanol–water partition coefficient (Wildman–Crippen LogP) is 5.45. The summed E-state index contributed by atoms with van der Waals surface area (Å²) in [7, 11) is 0. The predicted molar refractivity (Wildman–Crippen MR) is 120 cm³/mol. The fraction of sp³-hybridized carbons (Fsp3) is 0.250. The number of aryl methyl sites for hydroxylation is 1. The van der Waals surface area contributed by atoms with Crippen molar-refractivity contribution in [2.45, 2.75) is 31.6 Å². The molecule has 2 amide bonds. The Bertz CT molecular complexity index is 1070. The highest BCUT2D eigenvalue weighted by molar-refractivity contribution is 9.10. The van der Waals surface area contributed by atoms with Gasteiger partial charge in [-0.3, -0.25) is 9.59 Å². The molecular formula is C24H23BrN2O3. The van der Waals surface area contributed by atoms with E-state index in [1.807, 2.05) is 25.1 Å². The molecule has 3 aromatic rings. The third kappa shape index (κ3) is 4.19. The van der Waals surface area contributed by atoms with Crippen molar-refractivity contribution in [2.24, 2.45) is 0 Å². The summed E-state index contributed by atoms with van der Waals surface area (Å²) in [6.07, 6.45) is 4.73. The summed E-state index contributed by atoms with van der Waals surface area (Å²) >= 11 is 3.54. The van der Waals surface area contributed by atoms with Gasteiger partial charge in [0.1, 0.15) is 0 Å². The topological polar surface area (TPSA) is 71.3 Å². The Balaban J connectivity index is 1.46. The van der Waals surface area contributed by atoms with Gasteiger partial charge in [-0.15, -0.1) is 0 Å². The average molecular weight is 467 g/mol. The van der Waals surface area contributed by atoms with Crippen LogP contribution in [0.5, 0.6) is 0 Å². The molecule has 2 aromatic carbocycles. The van der Waals surface area contributed by atoms with Crippen molar-refractivity contribution < 1.29 is 14.0 Å². The molecule has 0 bridgehead atoms. The minimum absolute atomic E-state index is 0.0134. The summed E-state index contributed by atoms with van der Waals surface area (Å²) in [4.78, 5) is 25.1. The maximum absolute atomic E-state index is 12.9. The molecule has 5 nitrogen and oxygen atoms in total. The van der Waals surface area contributed by atoms with E-state index in [1.165, 1.54) is 11.8 Å². The summed E-state index contributed by atoms with van der Waals surface area (Å²) in [6.45, 7) is 2.47. The molecule has 1 aliphatic rings. The highest BCUT2D eigenvalue weighted by Crippen LogP contribution is 2.43. The van der Waals surface area contributed by atoms with Gasteiger partial charge in [-0.25, -0.2) is 0 Å². The Kier molecular flexibility index (Phi) is 5.77. The maximum atomic E-state index is 12.9. The van der Waals surface area contributed by atoms with E-state index < -0.39 is 0 Å². The largest absolute Gasteiger partial charge is 0.459 e. The van der Waals surface area contributed by atoms with Gasteiger partial charge in [0.25, 0.3) is 11.8 Å². The van der Waals surface area contributed by atoms with Gasteiger partial charge >= 0.3 is 0 Å². The lowest BCUT2D eigenvalue weighted by Crippen LogP contribution is -2.45. The van der Waals surface area contributed by atoms with E-state index in [0.717, 1.165) is 29.3 Å². The molecule has 4 rings (SSSR count). The number of amides is 2. The molecular weight excluding hydrogens is 444 g/mol. The minimum Gasteiger partial charge on any atom is -0.459 e. The molecule has 6 heteroatoms. The SMILES string of the molecule is Cc1ccc(C(=O)NCC2(c3cccc(Br)c3)CCC2)cc1NC(=O)c1ccco1. The van der Waals surface area contributed by atoms with Gasteiger partial charge in [-0.05, 0) is 67.3 Å². The number of nitrogens with one attached hydrogen (secondary N) is 2. The molecule has 1 saturated carbocycles. The highest BCUT2D eigenvalue weighted by atomic mass is 79.9. The van der Waals surface area contributed by atoms with Crippen LogP contribution in [0.1, 0.15) is 51.3 Å². The molecule has 30 heavy (non-hydrogen) atoms. The van der Waals surface area contributed by atoms with Crippen LogP contribution in [-0.4, -0.2) is 18.4 Å². The molecule has 154 valence electrons. The lowest BCUT2D eigenvalue weighted by atomic mass is 9.64. The number of carbonyl (C=O) groups excluding carboxylic acids is 2. The number of hydrogen-bond acceptors (Lipinski definition) is 3. The van der Waals surface area contributed by atoms with Crippen molar-refractivity contribution >= 4 is 33.4 Å². The number of rotatable bonds is 6. The number of furan rings is 1. The van der Waals surface area contributed by atoms with Crippen molar-refractivity contribution in [2.75, 3.05) is 11.9 Å². The number of benzene rings is 2. The lowest BCUT2D eigenvalue weighted by molar-refractivity contribution is 0.0926. The first-order valence-corrected chi connectivity index (χ1v) is 10.8. The molecule has 0 atom stereocenters. The number of halogens is 1. The Morgan fingerprint density at radius 3 is 2.57 bits per heavy atom. The summed E-state index contributed by atoms with van der Waals surface area (Å²) in [6, 6.07) is 16.9. The molecule has 1 aromatic heterocycles. The van der Waals surface area contributed by atoms with E-state index in [-0.39, 0.29) is 23.0 Å². The van der Waals surface area contributed by atoms with E-state index in [1.54, 1.807) is 24.3 Å². The molecule has 1 heterocycles. The second-order valence-electron chi connectivity index (χ2n) is 7.79. The molecule has 1 aliphatic carbocycles. The Labute approximate surface area is 184 Å². The summed E-state index contributed by atoms with van der Waals surface area (Å²) in [5, 5.41) is 5.92. The van der Waals surface area contributed by atoms with Crippen LogP contribution in [0.15, 0.2) is 69.8 Å². The summed E-state index contributed by atoms with van der Waals surface area (Å²) in [5.41, 5.74) is 3.21. The molecule has 0 radical (unpaired) electrons. The van der Waals surface area contributed by atoms with Crippen LogP contribution in [-0.2, 0) is 5.41 Å². The van der Waals surface area contributed by atoms with Crippen LogP contribution >= 0.6 is 15.9 Å². The Morgan fingerprint density at radius 2 is 1.90 bits per heavy atom. The van der Waals surface area contributed by atoms with Gasteiger partial charge in [0.05, 0.1) is 6.26 Å². The molecule has 0 unspecified atom stereocenters. The van der Waals surface area contributed by atoms with Crippen molar-refractivity contribution in [3.05, 3.63) is 87.8 Å². The quantitative estimate of drug-likeness (QED) is 0.506. The van der Waals surface area contributed by atoms with Crippen LogP contribution < -0.4 is 10.6 Å². The van der Waals surface area contributed by atoms with Crippen LogP contribution in [0.3, 0.4) is 0 Å². The number of carbonyl (C=O) groups is 2. The van der Waals surface area contributed by atoms with Crippen molar-refractivity contribution in [1.82, 2.24) is 5.32 Å². The first-order valence-electron chi connectivity index (χ1n) is 9.97. The van der Waals surface area contributed by atoms with Gasteiger partial charge in [0, 0.05) is 27.7 Å². The third-order valence-corrected chi connectivity index (χ3v) is 6.32. The fourth-order valence-electron chi connectivity index (χ4n) is 3.83. The zero-order valence-electron chi connectivity index (χ0n) is 16.7. The molecule has 0 aliphatic heterocycles. The summed E-state index contributed by atoms with van der Waals surface area (Å²) < 4.78 is 6.18. The molecule has 0 saturated heterocycles. The number of anilines is 1. The van der Waals surface area contributed by atoms with Gasteiger partial charge in [-0.2, -0.15) is 0 Å². The highest BCUT2D eigenvalue weighted by Gasteiger charge is 2.39. The third-order valence-electron chi connectivity index (χ3n) is 5.83. The number of hydrogen-bond donors (Lipinski definition) is 2. The molecule has 0 spiro atoms. The van der Waals surface area contributed by atoms with Gasteiger partial charge < -0.3 is 15.1 Å². The lowest BCUT2D eigenvalue weighted by Gasteiger charge is -2.42.